The average molecular weight is 402 g/mol. The quantitative estimate of drug-likeness (QED) is 0.594. The number of amides is 1. The number of hydrogen-bond acceptors (Lipinski definition) is 5. The van der Waals surface area contributed by atoms with E-state index in [0.29, 0.717) is 17.4 Å². The molecule has 0 aromatic carbocycles. The zero-order chi connectivity index (χ0) is 19.1. The van der Waals surface area contributed by atoms with Crippen molar-refractivity contribution in [3.63, 3.8) is 0 Å². The summed E-state index contributed by atoms with van der Waals surface area (Å²) in [6.07, 6.45) is 12.0. The SMILES string of the molecule is O=C(Cn1cnnn1)N1CCC2(CC1)CCN(C(=S)NC1CC3C=CC1C3)C2. The molecular weight excluding hydrogens is 374 g/mol. The molecular formula is C19H27N7OS. The summed E-state index contributed by atoms with van der Waals surface area (Å²) >= 11 is 5.75. The fourth-order valence-corrected chi connectivity index (χ4v) is 5.74. The molecule has 2 saturated heterocycles. The monoisotopic (exact) mass is 401 g/mol. The van der Waals surface area contributed by atoms with Gasteiger partial charge in [0.2, 0.25) is 5.91 Å². The van der Waals surface area contributed by atoms with E-state index in [4.69, 9.17) is 12.2 Å². The van der Waals surface area contributed by atoms with Crippen LogP contribution in [-0.2, 0) is 11.3 Å². The summed E-state index contributed by atoms with van der Waals surface area (Å²) in [5.74, 6) is 1.51. The van der Waals surface area contributed by atoms with Crippen molar-refractivity contribution in [2.75, 3.05) is 26.2 Å². The average Bonchev–Trinajstić information content (AvgIpc) is 3.47. The summed E-state index contributed by atoms with van der Waals surface area (Å²) in [5, 5.41) is 15.5. The van der Waals surface area contributed by atoms with Crippen LogP contribution in [-0.4, -0.2) is 73.2 Å². The summed E-state index contributed by atoms with van der Waals surface area (Å²) in [4.78, 5) is 16.8. The fourth-order valence-electron chi connectivity index (χ4n) is 5.43. The maximum atomic E-state index is 12.5. The van der Waals surface area contributed by atoms with Crippen molar-refractivity contribution in [1.82, 2.24) is 35.3 Å². The first-order valence-corrected chi connectivity index (χ1v) is 10.7. The molecule has 1 aromatic heterocycles. The molecule has 0 radical (unpaired) electrons. The van der Waals surface area contributed by atoms with Gasteiger partial charge in [-0.05, 0) is 72.0 Å². The van der Waals surface area contributed by atoms with Gasteiger partial charge < -0.3 is 15.1 Å². The molecule has 5 rings (SSSR count). The number of likely N-dealkylation sites (tertiary alicyclic amines) is 2. The summed E-state index contributed by atoms with van der Waals surface area (Å²) in [6.45, 7) is 3.89. The summed E-state index contributed by atoms with van der Waals surface area (Å²) < 4.78 is 1.49. The molecule has 1 saturated carbocycles. The van der Waals surface area contributed by atoms with Crippen LogP contribution in [0.3, 0.4) is 0 Å². The van der Waals surface area contributed by atoms with Crippen LogP contribution in [0.15, 0.2) is 18.5 Å². The second kappa shape index (κ2) is 7.09. The lowest BCUT2D eigenvalue weighted by atomic mass is 9.78. The molecule has 3 atom stereocenters. The van der Waals surface area contributed by atoms with E-state index in [1.165, 1.54) is 30.3 Å². The third-order valence-corrected chi connectivity index (χ3v) is 7.55. The Bertz CT molecular complexity index is 771. The minimum Gasteiger partial charge on any atom is -0.359 e. The van der Waals surface area contributed by atoms with E-state index >= 15 is 0 Å². The Balaban J connectivity index is 1.11. The van der Waals surface area contributed by atoms with E-state index < -0.39 is 0 Å². The van der Waals surface area contributed by atoms with E-state index in [0.717, 1.165) is 50.1 Å². The molecule has 8 nitrogen and oxygen atoms in total. The van der Waals surface area contributed by atoms with Crippen LogP contribution in [0.2, 0.25) is 0 Å². The number of aromatic nitrogens is 4. The van der Waals surface area contributed by atoms with Crippen molar-refractivity contribution in [3.8, 4) is 0 Å². The predicted molar refractivity (Wildman–Crippen MR) is 107 cm³/mol. The lowest BCUT2D eigenvalue weighted by molar-refractivity contribution is -0.134. The molecule has 3 fully saturated rings. The number of piperidine rings is 1. The minimum absolute atomic E-state index is 0.0959. The van der Waals surface area contributed by atoms with Crippen LogP contribution >= 0.6 is 12.2 Å². The van der Waals surface area contributed by atoms with Gasteiger partial charge in [-0.2, -0.15) is 0 Å². The van der Waals surface area contributed by atoms with Gasteiger partial charge in [-0.1, -0.05) is 12.2 Å². The van der Waals surface area contributed by atoms with Crippen molar-refractivity contribution >= 4 is 23.2 Å². The molecule has 2 aliphatic carbocycles. The number of hydrogen-bond donors (Lipinski definition) is 1. The number of carbonyl (C=O) groups excluding carboxylic acids is 1. The number of fused-ring (bicyclic) bond motifs is 2. The van der Waals surface area contributed by atoms with Gasteiger partial charge in [0.05, 0.1) is 0 Å². The first-order valence-electron chi connectivity index (χ1n) is 10.3. The second-order valence-electron chi connectivity index (χ2n) is 8.90. The van der Waals surface area contributed by atoms with Gasteiger partial charge >= 0.3 is 0 Å². The first kappa shape index (κ1) is 18.0. The standard InChI is InChI=1S/C19H27N7OS/c27-17(11-26-13-20-22-23-26)24-6-3-19(4-7-24)5-8-25(12-19)18(28)21-16-10-14-1-2-15(16)9-14/h1-2,13-16H,3-12H2,(H,21,28). The molecule has 28 heavy (non-hydrogen) atoms. The van der Waals surface area contributed by atoms with Gasteiger partial charge in [-0.25, -0.2) is 4.68 Å². The lowest BCUT2D eigenvalue weighted by Gasteiger charge is -2.39. The number of tetrazole rings is 1. The number of allylic oxidation sites excluding steroid dienone is 1. The summed E-state index contributed by atoms with van der Waals surface area (Å²) in [6, 6.07) is 0.518. The molecule has 1 amide bonds. The Morgan fingerprint density at radius 3 is 2.57 bits per heavy atom. The molecule has 2 bridgehead atoms. The highest BCUT2D eigenvalue weighted by atomic mass is 32.1. The fraction of sp³-hybridized carbons (Fsp3) is 0.737. The van der Waals surface area contributed by atoms with Crippen molar-refractivity contribution in [1.29, 1.82) is 0 Å². The van der Waals surface area contributed by atoms with Crippen molar-refractivity contribution < 1.29 is 4.79 Å². The summed E-state index contributed by atoms with van der Waals surface area (Å²) in [5.41, 5.74) is 0.298. The molecule has 3 unspecified atom stereocenters. The molecule has 1 N–H and O–H groups in total. The highest BCUT2D eigenvalue weighted by Crippen LogP contribution is 2.41. The molecule has 3 heterocycles. The summed E-state index contributed by atoms with van der Waals surface area (Å²) in [7, 11) is 0. The first-order chi connectivity index (χ1) is 13.6. The minimum atomic E-state index is 0.0959. The third-order valence-electron chi connectivity index (χ3n) is 7.18. The maximum absolute atomic E-state index is 12.5. The Morgan fingerprint density at radius 2 is 1.93 bits per heavy atom. The molecule has 1 aromatic rings. The van der Waals surface area contributed by atoms with E-state index in [1.54, 1.807) is 0 Å². The Morgan fingerprint density at radius 1 is 1.14 bits per heavy atom. The van der Waals surface area contributed by atoms with Crippen molar-refractivity contribution in [2.24, 2.45) is 17.3 Å². The zero-order valence-corrected chi connectivity index (χ0v) is 16.9. The number of nitrogens with zero attached hydrogens (tertiary/aromatic N) is 6. The van der Waals surface area contributed by atoms with Crippen LogP contribution in [0.5, 0.6) is 0 Å². The van der Waals surface area contributed by atoms with Crippen molar-refractivity contribution in [2.45, 2.75) is 44.7 Å². The Labute approximate surface area is 170 Å². The molecule has 4 aliphatic rings. The number of carbonyl (C=O) groups is 1. The van der Waals surface area contributed by atoms with Crippen LogP contribution in [0, 0.1) is 17.3 Å². The maximum Gasteiger partial charge on any atom is 0.244 e. The Kier molecular flexibility index (Phi) is 4.57. The topological polar surface area (TPSA) is 79.2 Å². The van der Waals surface area contributed by atoms with Gasteiger partial charge in [-0.15, -0.1) is 5.10 Å². The highest BCUT2D eigenvalue weighted by Gasteiger charge is 2.43. The third kappa shape index (κ3) is 3.40. The van der Waals surface area contributed by atoms with Crippen LogP contribution < -0.4 is 5.32 Å². The van der Waals surface area contributed by atoms with Gasteiger partial charge in [0.15, 0.2) is 5.11 Å². The van der Waals surface area contributed by atoms with Crippen LogP contribution in [0.1, 0.15) is 32.1 Å². The number of rotatable bonds is 3. The number of nitrogens with one attached hydrogen (secondary N) is 1. The molecule has 150 valence electrons. The zero-order valence-electron chi connectivity index (χ0n) is 16.0. The largest absolute Gasteiger partial charge is 0.359 e. The highest BCUT2D eigenvalue weighted by molar-refractivity contribution is 7.80. The van der Waals surface area contributed by atoms with E-state index in [-0.39, 0.29) is 12.5 Å². The molecule has 1 spiro atoms. The predicted octanol–water partition coefficient (Wildman–Crippen LogP) is 0.827. The smallest absolute Gasteiger partial charge is 0.244 e. The van der Waals surface area contributed by atoms with Gasteiger partial charge in [0.1, 0.15) is 12.9 Å². The van der Waals surface area contributed by atoms with Gasteiger partial charge in [-0.3, -0.25) is 4.79 Å². The van der Waals surface area contributed by atoms with E-state index in [2.05, 4.69) is 37.9 Å². The van der Waals surface area contributed by atoms with E-state index in [1.807, 2.05) is 4.90 Å². The van der Waals surface area contributed by atoms with Crippen molar-refractivity contribution in [3.05, 3.63) is 18.5 Å². The molecule has 9 heteroatoms. The van der Waals surface area contributed by atoms with Crippen LogP contribution in [0.4, 0.5) is 0 Å². The second-order valence-corrected chi connectivity index (χ2v) is 9.28. The Hall–Kier alpha value is -2.03. The molecule has 2 aliphatic heterocycles. The lowest BCUT2D eigenvalue weighted by Crippen LogP contribution is -2.48. The number of thiocarbonyl (C=S) groups is 1. The van der Waals surface area contributed by atoms with Gasteiger partial charge in [0, 0.05) is 32.2 Å². The van der Waals surface area contributed by atoms with Crippen LogP contribution in [0.25, 0.3) is 0 Å². The van der Waals surface area contributed by atoms with Gasteiger partial charge in [0.25, 0.3) is 0 Å². The van der Waals surface area contributed by atoms with E-state index in [9.17, 15) is 4.79 Å². The normalized spacial score (nSPS) is 30.4.